The molecular weight excluding hydrogens is 236 g/mol. The molecule has 0 aliphatic heterocycles. The third-order valence-corrected chi connectivity index (χ3v) is 4.49. The molecule has 1 N–H and O–H groups in total. The van der Waals surface area contributed by atoms with Crippen molar-refractivity contribution in [3.05, 3.63) is 35.5 Å². The molecule has 0 radical (unpaired) electrons. The van der Waals surface area contributed by atoms with Gasteiger partial charge in [-0.05, 0) is 31.4 Å². The minimum absolute atomic E-state index is 0.464. The minimum atomic E-state index is 0.464. The van der Waals surface area contributed by atoms with Gasteiger partial charge in [0, 0.05) is 43.3 Å². The van der Waals surface area contributed by atoms with E-state index in [9.17, 15) is 0 Å². The zero-order valence-electron chi connectivity index (χ0n) is 11.9. The topological polar surface area (TPSA) is 26.2 Å². The van der Waals surface area contributed by atoms with Crippen LogP contribution in [0.5, 0.6) is 0 Å². The largest absolute Gasteiger partial charge is 0.381 e. The summed E-state index contributed by atoms with van der Waals surface area (Å²) in [5.74, 6) is 0. The number of nitrogens with zero attached hydrogens (tertiary/aromatic N) is 1. The summed E-state index contributed by atoms with van der Waals surface area (Å²) in [7, 11) is 3.96. The van der Waals surface area contributed by atoms with Crippen LogP contribution in [0.1, 0.15) is 24.1 Å². The average molecular weight is 258 g/mol. The van der Waals surface area contributed by atoms with Crippen LogP contribution in [0.25, 0.3) is 10.9 Å². The van der Waals surface area contributed by atoms with E-state index >= 15 is 0 Å². The highest BCUT2D eigenvalue weighted by Gasteiger charge is 2.28. The number of fused-ring (bicyclic) bond motifs is 1. The van der Waals surface area contributed by atoms with Crippen LogP contribution < -0.4 is 5.32 Å². The van der Waals surface area contributed by atoms with Gasteiger partial charge in [-0.1, -0.05) is 18.2 Å². The van der Waals surface area contributed by atoms with Crippen LogP contribution in [0.3, 0.4) is 0 Å². The van der Waals surface area contributed by atoms with Gasteiger partial charge < -0.3 is 14.6 Å². The van der Waals surface area contributed by atoms with E-state index in [1.54, 1.807) is 7.11 Å². The molecule has 1 fully saturated rings. The van der Waals surface area contributed by atoms with Gasteiger partial charge in [0.25, 0.3) is 0 Å². The lowest BCUT2D eigenvalue weighted by Gasteiger charge is -2.34. The molecule has 3 heteroatoms. The quantitative estimate of drug-likeness (QED) is 0.912. The van der Waals surface area contributed by atoms with Crippen LogP contribution in [0.4, 0.5) is 0 Å². The zero-order valence-corrected chi connectivity index (χ0v) is 11.9. The van der Waals surface area contributed by atoms with Gasteiger partial charge in [0.05, 0.1) is 6.10 Å². The molecule has 1 aliphatic rings. The molecule has 1 aliphatic carbocycles. The highest BCUT2D eigenvalue weighted by atomic mass is 16.5. The maximum Gasteiger partial charge on any atom is 0.0601 e. The molecular formula is C16H22N2O. The predicted molar refractivity (Wildman–Crippen MR) is 78.3 cm³/mol. The fourth-order valence-electron chi connectivity index (χ4n) is 3.05. The number of methoxy groups -OCH3 is 1. The molecule has 0 atom stereocenters. The van der Waals surface area contributed by atoms with Crippen molar-refractivity contribution in [3.63, 3.8) is 0 Å². The third kappa shape index (κ3) is 2.17. The molecule has 3 rings (SSSR count). The molecule has 1 heterocycles. The second kappa shape index (κ2) is 4.99. The summed E-state index contributed by atoms with van der Waals surface area (Å²) < 4.78 is 7.63. The first-order valence-corrected chi connectivity index (χ1v) is 6.99. The maximum atomic E-state index is 5.32. The number of hydrogen-bond acceptors (Lipinski definition) is 2. The number of benzene rings is 1. The molecule has 0 unspecified atom stereocenters. The smallest absolute Gasteiger partial charge is 0.0601 e. The van der Waals surface area contributed by atoms with Crippen molar-refractivity contribution in [2.45, 2.75) is 38.5 Å². The van der Waals surface area contributed by atoms with Crippen molar-refractivity contribution < 1.29 is 4.74 Å². The Morgan fingerprint density at radius 2 is 2.05 bits per heavy atom. The van der Waals surface area contributed by atoms with Crippen LogP contribution in [-0.2, 0) is 18.3 Å². The molecule has 19 heavy (non-hydrogen) atoms. The Morgan fingerprint density at radius 3 is 2.74 bits per heavy atom. The van der Waals surface area contributed by atoms with E-state index in [-0.39, 0.29) is 0 Å². The molecule has 0 saturated heterocycles. The Bertz CT molecular complexity index is 543. The van der Waals surface area contributed by atoms with Crippen LogP contribution in [0.2, 0.25) is 0 Å². The van der Waals surface area contributed by atoms with Gasteiger partial charge in [0.2, 0.25) is 0 Å². The number of nitrogens with one attached hydrogen (secondary N) is 1. The van der Waals surface area contributed by atoms with Crippen LogP contribution in [0, 0.1) is 6.92 Å². The maximum absolute atomic E-state index is 5.32. The normalized spacial score (nSPS) is 22.7. The van der Waals surface area contributed by atoms with E-state index < -0.39 is 0 Å². The second-order valence-electron chi connectivity index (χ2n) is 5.55. The molecule has 1 aromatic carbocycles. The summed E-state index contributed by atoms with van der Waals surface area (Å²) in [4.78, 5) is 0. The Morgan fingerprint density at radius 1 is 1.32 bits per heavy atom. The molecule has 0 spiro atoms. The number of ether oxygens (including phenoxy) is 1. The standard InChI is InChI=1S/C16H22N2O/c1-11-14-6-4-5-7-15(14)18(2)16(11)10-17-12-8-13(9-12)19-3/h4-7,12-13,17H,8-10H2,1-3H3. The van der Waals surface area contributed by atoms with Gasteiger partial charge in [-0.25, -0.2) is 0 Å². The van der Waals surface area contributed by atoms with Crippen molar-refractivity contribution in [3.8, 4) is 0 Å². The van der Waals surface area contributed by atoms with E-state index in [4.69, 9.17) is 4.74 Å². The monoisotopic (exact) mass is 258 g/mol. The summed E-state index contributed by atoms with van der Waals surface area (Å²) in [5, 5.41) is 5.01. The number of aryl methyl sites for hydroxylation is 2. The van der Waals surface area contributed by atoms with Crippen molar-refractivity contribution in [2.75, 3.05) is 7.11 Å². The van der Waals surface area contributed by atoms with Crippen molar-refractivity contribution in [2.24, 2.45) is 7.05 Å². The highest BCUT2D eigenvalue weighted by molar-refractivity contribution is 5.85. The zero-order chi connectivity index (χ0) is 13.4. The van der Waals surface area contributed by atoms with E-state index in [1.165, 1.54) is 22.2 Å². The lowest BCUT2D eigenvalue weighted by atomic mass is 9.89. The van der Waals surface area contributed by atoms with Gasteiger partial charge >= 0.3 is 0 Å². The van der Waals surface area contributed by atoms with Crippen molar-refractivity contribution >= 4 is 10.9 Å². The van der Waals surface area contributed by atoms with E-state index in [0.29, 0.717) is 12.1 Å². The second-order valence-corrected chi connectivity index (χ2v) is 5.55. The van der Waals surface area contributed by atoms with E-state index in [2.05, 4.69) is 48.1 Å². The fourth-order valence-corrected chi connectivity index (χ4v) is 3.05. The van der Waals surface area contributed by atoms with Gasteiger partial charge in [0.1, 0.15) is 0 Å². The number of hydrogen-bond donors (Lipinski definition) is 1. The first-order chi connectivity index (χ1) is 9.20. The first-order valence-electron chi connectivity index (χ1n) is 6.99. The average Bonchev–Trinajstić information content (AvgIpc) is 2.62. The van der Waals surface area contributed by atoms with E-state index in [0.717, 1.165) is 19.4 Å². The Balaban J connectivity index is 1.74. The lowest BCUT2D eigenvalue weighted by molar-refractivity contribution is 0.0168. The molecule has 0 bridgehead atoms. The fraction of sp³-hybridized carbons (Fsp3) is 0.500. The van der Waals surface area contributed by atoms with Gasteiger partial charge in [-0.15, -0.1) is 0 Å². The minimum Gasteiger partial charge on any atom is -0.381 e. The Labute approximate surface area is 114 Å². The lowest BCUT2D eigenvalue weighted by Crippen LogP contribution is -2.44. The summed E-state index contributed by atoms with van der Waals surface area (Å²) in [6.45, 7) is 3.16. The molecule has 2 aromatic rings. The van der Waals surface area contributed by atoms with Gasteiger partial charge in [-0.3, -0.25) is 0 Å². The van der Waals surface area contributed by atoms with Crippen LogP contribution in [0.15, 0.2) is 24.3 Å². The highest BCUT2D eigenvalue weighted by Crippen LogP contribution is 2.26. The summed E-state index contributed by atoms with van der Waals surface area (Å²) in [5.41, 5.74) is 4.11. The first kappa shape index (κ1) is 12.7. The molecule has 102 valence electrons. The van der Waals surface area contributed by atoms with Crippen LogP contribution in [-0.4, -0.2) is 23.8 Å². The third-order valence-electron chi connectivity index (χ3n) is 4.49. The summed E-state index contributed by atoms with van der Waals surface area (Å²) >= 11 is 0. The van der Waals surface area contributed by atoms with E-state index in [1.807, 2.05) is 0 Å². The molecule has 3 nitrogen and oxygen atoms in total. The summed E-state index contributed by atoms with van der Waals surface area (Å²) in [6, 6.07) is 9.23. The van der Waals surface area contributed by atoms with Crippen molar-refractivity contribution in [1.29, 1.82) is 0 Å². The molecule has 1 saturated carbocycles. The van der Waals surface area contributed by atoms with Crippen molar-refractivity contribution in [1.82, 2.24) is 9.88 Å². The van der Waals surface area contributed by atoms with Gasteiger partial charge in [-0.2, -0.15) is 0 Å². The summed E-state index contributed by atoms with van der Waals surface area (Å²) in [6.07, 6.45) is 2.74. The molecule has 0 amide bonds. The predicted octanol–water partition coefficient (Wildman–Crippen LogP) is 2.75. The SMILES string of the molecule is COC1CC(NCc2c(C)c3ccccc3n2C)C1. The van der Waals surface area contributed by atoms with Crippen LogP contribution >= 0.6 is 0 Å². The molecule has 1 aromatic heterocycles. The number of rotatable bonds is 4. The Hall–Kier alpha value is -1.32. The van der Waals surface area contributed by atoms with Gasteiger partial charge in [0.15, 0.2) is 0 Å². The number of aromatic nitrogens is 1. The number of para-hydroxylation sites is 1. The Kier molecular flexibility index (Phi) is 3.33.